The first kappa shape index (κ1) is 15.9. The molecule has 7 heteroatoms. The Labute approximate surface area is 122 Å². The number of hydrogen-bond acceptors (Lipinski definition) is 4. The van der Waals surface area contributed by atoms with Crippen LogP contribution in [0.4, 0.5) is 24.8 Å². The molecule has 0 unspecified atom stereocenters. The molecule has 2 heterocycles. The van der Waals surface area contributed by atoms with E-state index in [1.807, 2.05) is 25.7 Å². The van der Waals surface area contributed by atoms with E-state index in [0.29, 0.717) is 32.1 Å². The van der Waals surface area contributed by atoms with E-state index in [1.54, 1.807) is 0 Å². The van der Waals surface area contributed by atoms with E-state index in [0.717, 1.165) is 12.1 Å². The predicted octanol–water partition coefficient (Wildman–Crippen LogP) is 3.15. The average Bonchev–Trinajstić information content (AvgIpc) is 2.36. The molecule has 0 atom stereocenters. The van der Waals surface area contributed by atoms with E-state index in [4.69, 9.17) is 4.74 Å². The molecule has 1 N–H and O–H groups in total. The summed E-state index contributed by atoms with van der Waals surface area (Å²) in [5, 5.41) is 2.85. The smallest absolute Gasteiger partial charge is 0.372 e. The van der Waals surface area contributed by atoms with Crippen molar-refractivity contribution in [1.29, 1.82) is 0 Å². The van der Waals surface area contributed by atoms with Gasteiger partial charge in [-0.2, -0.15) is 13.2 Å². The van der Waals surface area contributed by atoms with Crippen molar-refractivity contribution in [3.05, 3.63) is 17.7 Å². The standard InChI is InChI=1S/C14H20F3N3O/c1-4-18-11-7-10(14(15,16)17)8-12(19-11)20-5-6-21-13(2,3)9-20/h7-8H,4-6,9H2,1-3H3,(H,18,19). The zero-order valence-electron chi connectivity index (χ0n) is 12.4. The van der Waals surface area contributed by atoms with E-state index in [1.165, 1.54) is 0 Å². The number of nitrogens with zero attached hydrogens (tertiary/aromatic N) is 2. The minimum absolute atomic E-state index is 0.242. The van der Waals surface area contributed by atoms with E-state index in [2.05, 4.69) is 10.3 Å². The Kier molecular flexibility index (Phi) is 4.32. The Morgan fingerprint density at radius 2 is 2.10 bits per heavy atom. The molecule has 0 aliphatic carbocycles. The molecular weight excluding hydrogens is 283 g/mol. The number of rotatable bonds is 3. The van der Waals surface area contributed by atoms with Crippen LogP contribution in [-0.4, -0.2) is 36.8 Å². The van der Waals surface area contributed by atoms with Gasteiger partial charge in [-0.25, -0.2) is 4.98 Å². The van der Waals surface area contributed by atoms with Gasteiger partial charge in [0.2, 0.25) is 0 Å². The minimum atomic E-state index is -4.39. The number of anilines is 2. The Bertz CT molecular complexity index is 503. The molecule has 0 spiro atoms. The molecular formula is C14H20F3N3O. The summed E-state index contributed by atoms with van der Waals surface area (Å²) in [6.07, 6.45) is -4.39. The van der Waals surface area contributed by atoms with Crippen LogP contribution in [0.2, 0.25) is 0 Å². The van der Waals surface area contributed by atoms with Gasteiger partial charge in [-0.15, -0.1) is 0 Å². The van der Waals surface area contributed by atoms with Crippen LogP contribution in [0.3, 0.4) is 0 Å². The number of morpholine rings is 1. The SMILES string of the molecule is CCNc1cc(C(F)(F)F)cc(N2CCOC(C)(C)C2)n1. The lowest BCUT2D eigenvalue weighted by molar-refractivity contribution is -0.137. The van der Waals surface area contributed by atoms with Crippen molar-refractivity contribution < 1.29 is 17.9 Å². The van der Waals surface area contributed by atoms with E-state index >= 15 is 0 Å². The monoisotopic (exact) mass is 303 g/mol. The van der Waals surface area contributed by atoms with E-state index < -0.39 is 17.3 Å². The second-order valence-corrected chi connectivity index (χ2v) is 5.66. The van der Waals surface area contributed by atoms with Crippen LogP contribution >= 0.6 is 0 Å². The summed E-state index contributed by atoms with van der Waals surface area (Å²) in [6.45, 7) is 7.68. The van der Waals surface area contributed by atoms with E-state index in [-0.39, 0.29) is 5.82 Å². The summed E-state index contributed by atoms with van der Waals surface area (Å²) in [5.74, 6) is 0.573. The van der Waals surface area contributed by atoms with Crippen LogP contribution in [0.15, 0.2) is 12.1 Å². The first-order chi connectivity index (χ1) is 9.71. The summed E-state index contributed by atoms with van der Waals surface area (Å²) in [7, 11) is 0. The second-order valence-electron chi connectivity index (χ2n) is 5.66. The predicted molar refractivity (Wildman–Crippen MR) is 75.6 cm³/mol. The number of pyridine rings is 1. The Hall–Kier alpha value is -1.50. The Balaban J connectivity index is 2.35. The fourth-order valence-electron chi connectivity index (χ4n) is 2.33. The Morgan fingerprint density at radius 1 is 1.38 bits per heavy atom. The zero-order valence-corrected chi connectivity index (χ0v) is 12.4. The van der Waals surface area contributed by atoms with Gasteiger partial charge in [-0.05, 0) is 32.9 Å². The summed E-state index contributed by atoms with van der Waals surface area (Å²) < 4.78 is 44.6. The largest absolute Gasteiger partial charge is 0.416 e. The average molecular weight is 303 g/mol. The van der Waals surface area contributed by atoms with Crippen LogP contribution in [0.25, 0.3) is 0 Å². The number of ether oxygens (including phenoxy) is 1. The van der Waals surface area contributed by atoms with Gasteiger partial charge < -0.3 is 15.0 Å². The van der Waals surface area contributed by atoms with Crippen molar-refractivity contribution in [2.75, 3.05) is 36.5 Å². The molecule has 0 radical (unpaired) electrons. The third-order valence-corrected chi connectivity index (χ3v) is 3.25. The molecule has 0 amide bonds. The van der Waals surface area contributed by atoms with Crippen LogP contribution in [-0.2, 0) is 10.9 Å². The third kappa shape index (κ3) is 4.00. The summed E-state index contributed by atoms with van der Waals surface area (Å²) in [4.78, 5) is 6.12. The highest BCUT2D eigenvalue weighted by atomic mass is 19.4. The number of halogens is 3. The van der Waals surface area contributed by atoms with Crippen molar-refractivity contribution in [3.63, 3.8) is 0 Å². The molecule has 2 rings (SSSR count). The van der Waals surface area contributed by atoms with Crippen molar-refractivity contribution >= 4 is 11.6 Å². The molecule has 1 aliphatic heterocycles. The molecule has 1 aliphatic rings. The molecule has 1 aromatic heterocycles. The van der Waals surface area contributed by atoms with Crippen molar-refractivity contribution in [3.8, 4) is 0 Å². The van der Waals surface area contributed by atoms with Crippen LogP contribution in [0.5, 0.6) is 0 Å². The van der Waals surface area contributed by atoms with Gasteiger partial charge in [0.05, 0.1) is 17.8 Å². The van der Waals surface area contributed by atoms with Gasteiger partial charge in [0, 0.05) is 19.6 Å². The van der Waals surface area contributed by atoms with Crippen LogP contribution in [0.1, 0.15) is 26.3 Å². The van der Waals surface area contributed by atoms with Gasteiger partial charge in [0.15, 0.2) is 0 Å². The minimum Gasteiger partial charge on any atom is -0.372 e. The van der Waals surface area contributed by atoms with Crippen molar-refractivity contribution in [1.82, 2.24) is 4.98 Å². The molecule has 0 saturated carbocycles. The topological polar surface area (TPSA) is 37.4 Å². The lowest BCUT2D eigenvalue weighted by atomic mass is 10.1. The molecule has 4 nitrogen and oxygen atoms in total. The van der Waals surface area contributed by atoms with Crippen molar-refractivity contribution in [2.45, 2.75) is 32.5 Å². The maximum absolute atomic E-state index is 13.0. The second kappa shape index (κ2) is 5.71. The van der Waals surface area contributed by atoms with Crippen molar-refractivity contribution in [2.24, 2.45) is 0 Å². The van der Waals surface area contributed by atoms with Gasteiger partial charge in [0.25, 0.3) is 0 Å². The third-order valence-electron chi connectivity index (χ3n) is 3.25. The molecule has 0 bridgehead atoms. The number of hydrogen-bond donors (Lipinski definition) is 1. The fourth-order valence-corrected chi connectivity index (χ4v) is 2.33. The maximum atomic E-state index is 13.0. The van der Waals surface area contributed by atoms with Gasteiger partial charge in [-0.3, -0.25) is 0 Å². The zero-order chi connectivity index (χ0) is 15.7. The molecule has 1 saturated heterocycles. The van der Waals surface area contributed by atoms with Crippen LogP contribution in [0, 0.1) is 0 Å². The van der Waals surface area contributed by atoms with Gasteiger partial charge in [-0.1, -0.05) is 0 Å². The first-order valence-electron chi connectivity index (χ1n) is 6.93. The molecule has 118 valence electrons. The summed E-state index contributed by atoms with van der Waals surface area (Å²) in [5.41, 5.74) is -1.08. The fraction of sp³-hybridized carbons (Fsp3) is 0.643. The van der Waals surface area contributed by atoms with Gasteiger partial charge >= 0.3 is 6.18 Å². The van der Waals surface area contributed by atoms with E-state index in [9.17, 15) is 13.2 Å². The molecule has 1 fully saturated rings. The lowest BCUT2D eigenvalue weighted by Crippen LogP contribution is -2.48. The van der Waals surface area contributed by atoms with Gasteiger partial charge in [0.1, 0.15) is 11.6 Å². The lowest BCUT2D eigenvalue weighted by Gasteiger charge is -2.39. The molecule has 1 aromatic rings. The quantitative estimate of drug-likeness (QED) is 0.931. The highest BCUT2D eigenvalue weighted by molar-refractivity contribution is 5.51. The molecule has 0 aromatic carbocycles. The maximum Gasteiger partial charge on any atom is 0.416 e. The highest BCUT2D eigenvalue weighted by Gasteiger charge is 2.34. The summed E-state index contributed by atoms with van der Waals surface area (Å²) >= 11 is 0. The van der Waals surface area contributed by atoms with Crippen LogP contribution < -0.4 is 10.2 Å². The normalized spacial score (nSPS) is 18.7. The molecule has 21 heavy (non-hydrogen) atoms. The number of alkyl halides is 3. The first-order valence-corrected chi connectivity index (χ1v) is 6.93. The summed E-state index contributed by atoms with van der Waals surface area (Å²) in [6, 6.07) is 2.14. The number of aromatic nitrogens is 1. The number of nitrogens with one attached hydrogen (secondary N) is 1. The highest BCUT2D eigenvalue weighted by Crippen LogP contribution is 2.33. The Morgan fingerprint density at radius 3 is 2.67 bits per heavy atom.